The molecule has 0 aromatic carbocycles. The first-order valence-corrected chi connectivity index (χ1v) is 6.19. The third kappa shape index (κ3) is 2.53. The summed E-state index contributed by atoms with van der Waals surface area (Å²) in [6, 6.07) is 3.67. The van der Waals surface area contributed by atoms with Crippen molar-refractivity contribution in [3.8, 4) is 0 Å². The van der Waals surface area contributed by atoms with Gasteiger partial charge in [-0.05, 0) is 32.4 Å². The lowest BCUT2D eigenvalue weighted by Gasteiger charge is -2.24. The molecule has 0 amide bonds. The second kappa shape index (κ2) is 4.80. The van der Waals surface area contributed by atoms with E-state index in [0.717, 1.165) is 18.2 Å². The van der Waals surface area contributed by atoms with Crippen molar-refractivity contribution in [3.05, 3.63) is 30.1 Å². The second-order valence-corrected chi connectivity index (χ2v) is 5.00. The van der Waals surface area contributed by atoms with E-state index in [1.807, 2.05) is 26.0 Å². The Balaban J connectivity index is 2.24. The van der Waals surface area contributed by atoms with Crippen molar-refractivity contribution in [1.29, 1.82) is 0 Å². The Hall–Kier alpha value is -1.84. The largest absolute Gasteiger partial charge is 0.456 e. The maximum atomic E-state index is 12.1. The van der Waals surface area contributed by atoms with Gasteiger partial charge in [-0.15, -0.1) is 0 Å². The molecule has 0 atom stereocenters. The molecule has 0 fully saturated rings. The van der Waals surface area contributed by atoms with Crippen LogP contribution in [-0.4, -0.2) is 21.5 Å². The van der Waals surface area contributed by atoms with Gasteiger partial charge in [-0.1, -0.05) is 13.3 Å². The fourth-order valence-corrected chi connectivity index (χ4v) is 2.08. The van der Waals surface area contributed by atoms with Gasteiger partial charge in [0.2, 0.25) is 0 Å². The average Bonchev–Trinajstić information content (AvgIpc) is 2.71. The quantitative estimate of drug-likeness (QED) is 0.842. The molecule has 0 saturated carbocycles. The number of hydrogen-bond donors (Lipinski definition) is 1. The zero-order valence-corrected chi connectivity index (χ0v) is 11.0. The number of nitrogens with one attached hydrogen (secondary N) is 1. The normalized spacial score (nSPS) is 11.7. The topological polar surface area (TPSA) is 55.0 Å². The summed E-state index contributed by atoms with van der Waals surface area (Å²) in [5, 5.41) is 0.801. The Morgan fingerprint density at radius 1 is 1.50 bits per heavy atom. The van der Waals surface area contributed by atoms with Crippen molar-refractivity contribution >= 4 is 17.0 Å². The van der Waals surface area contributed by atoms with Gasteiger partial charge in [-0.2, -0.15) is 0 Å². The summed E-state index contributed by atoms with van der Waals surface area (Å²) >= 11 is 0. The lowest BCUT2D eigenvalue weighted by atomic mass is 10.0. The number of pyridine rings is 1. The van der Waals surface area contributed by atoms with E-state index in [0.29, 0.717) is 11.2 Å². The van der Waals surface area contributed by atoms with Gasteiger partial charge in [0.1, 0.15) is 11.2 Å². The standard InChI is InChI=1S/C14H18N2O2/c1-4-7-14(2,3)18-13(17)11-9-16-12-10(11)6-5-8-15-12/h5-6,8-9H,4,7H2,1-3H3,(H,15,16). The maximum absolute atomic E-state index is 12.1. The Morgan fingerprint density at radius 2 is 2.28 bits per heavy atom. The van der Waals surface area contributed by atoms with Crippen LogP contribution in [0.4, 0.5) is 0 Å². The van der Waals surface area contributed by atoms with Gasteiger partial charge < -0.3 is 9.72 Å². The van der Waals surface area contributed by atoms with Gasteiger partial charge in [0.25, 0.3) is 0 Å². The van der Waals surface area contributed by atoms with Crippen LogP contribution in [0.1, 0.15) is 44.0 Å². The van der Waals surface area contributed by atoms with E-state index in [4.69, 9.17) is 4.74 Å². The van der Waals surface area contributed by atoms with Gasteiger partial charge in [0, 0.05) is 17.8 Å². The molecular weight excluding hydrogens is 228 g/mol. The zero-order valence-electron chi connectivity index (χ0n) is 11.0. The minimum Gasteiger partial charge on any atom is -0.456 e. The highest BCUT2D eigenvalue weighted by Gasteiger charge is 2.24. The molecule has 0 radical (unpaired) electrons. The molecule has 0 unspecified atom stereocenters. The van der Waals surface area contributed by atoms with Gasteiger partial charge in [0.15, 0.2) is 0 Å². The Bertz CT molecular complexity index is 558. The van der Waals surface area contributed by atoms with Crippen molar-refractivity contribution in [1.82, 2.24) is 9.97 Å². The summed E-state index contributed by atoms with van der Waals surface area (Å²) in [5.74, 6) is -0.298. The summed E-state index contributed by atoms with van der Waals surface area (Å²) in [4.78, 5) is 19.3. The molecule has 2 rings (SSSR count). The van der Waals surface area contributed by atoms with Crippen LogP contribution in [0.25, 0.3) is 11.0 Å². The van der Waals surface area contributed by atoms with Gasteiger partial charge in [0.05, 0.1) is 5.56 Å². The lowest BCUT2D eigenvalue weighted by Crippen LogP contribution is -2.27. The minimum atomic E-state index is -0.433. The monoisotopic (exact) mass is 246 g/mol. The fraction of sp³-hybridized carbons (Fsp3) is 0.429. The average molecular weight is 246 g/mol. The SMILES string of the molecule is CCCC(C)(C)OC(=O)c1c[nH]c2ncccc12. The first-order valence-electron chi connectivity index (χ1n) is 6.19. The van der Waals surface area contributed by atoms with E-state index in [2.05, 4.69) is 16.9 Å². The van der Waals surface area contributed by atoms with Crippen molar-refractivity contribution in [2.24, 2.45) is 0 Å². The number of hydrogen-bond acceptors (Lipinski definition) is 3. The summed E-state index contributed by atoms with van der Waals surface area (Å²) in [6.45, 7) is 5.94. The molecule has 0 bridgehead atoms. The molecule has 2 aromatic rings. The molecule has 0 aliphatic carbocycles. The number of aromatic amines is 1. The molecule has 18 heavy (non-hydrogen) atoms. The van der Waals surface area contributed by atoms with Crippen LogP contribution in [0.5, 0.6) is 0 Å². The third-order valence-electron chi connectivity index (χ3n) is 2.89. The van der Waals surface area contributed by atoms with Crippen LogP contribution >= 0.6 is 0 Å². The minimum absolute atomic E-state index is 0.298. The van der Waals surface area contributed by atoms with E-state index >= 15 is 0 Å². The Labute approximate surface area is 106 Å². The van der Waals surface area contributed by atoms with Crippen LogP contribution in [0, 0.1) is 0 Å². The highest BCUT2D eigenvalue weighted by Crippen LogP contribution is 2.22. The number of carbonyl (C=O) groups is 1. The number of esters is 1. The number of rotatable bonds is 4. The van der Waals surface area contributed by atoms with Gasteiger partial charge in [-0.25, -0.2) is 9.78 Å². The molecule has 2 aromatic heterocycles. The van der Waals surface area contributed by atoms with Crippen molar-refractivity contribution in [2.75, 3.05) is 0 Å². The lowest BCUT2D eigenvalue weighted by molar-refractivity contribution is -0.00449. The molecule has 96 valence electrons. The highest BCUT2D eigenvalue weighted by atomic mass is 16.6. The van der Waals surface area contributed by atoms with Crippen LogP contribution in [0.3, 0.4) is 0 Å². The third-order valence-corrected chi connectivity index (χ3v) is 2.89. The smallest absolute Gasteiger partial charge is 0.340 e. The summed E-state index contributed by atoms with van der Waals surface area (Å²) in [7, 11) is 0. The predicted molar refractivity (Wildman–Crippen MR) is 70.5 cm³/mol. The van der Waals surface area contributed by atoms with E-state index in [9.17, 15) is 4.79 Å². The number of nitrogens with zero attached hydrogens (tertiary/aromatic N) is 1. The number of fused-ring (bicyclic) bond motifs is 1. The van der Waals surface area contributed by atoms with E-state index < -0.39 is 5.60 Å². The second-order valence-electron chi connectivity index (χ2n) is 5.00. The number of carbonyl (C=O) groups excluding carboxylic acids is 1. The van der Waals surface area contributed by atoms with Crippen LogP contribution in [0.15, 0.2) is 24.5 Å². The summed E-state index contributed by atoms with van der Waals surface area (Å²) in [6.07, 6.45) is 5.17. The summed E-state index contributed by atoms with van der Waals surface area (Å²) in [5.41, 5.74) is 0.817. The molecule has 0 aliphatic heterocycles. The molecule has 2 heterocycles. The first-order chi connectivity index (χ1) is 8.53. The van der Waals surface area contributed by atoms with Crippen molar-refractivity contribution in [2.45, 2.75) is 39.2 Å². The van der Waals surface area contributed by atoms with Crippen LogP contribution < -0.4 is 0 Å². The molecule has 1 N–H and O–H groups in total. The molecule has 0 spiro atoms. The van der Waals surface area contributed by atoms with E-state index in [1.165, 1.54) is 0 Å². The molecule has 0 aliphatic rings. The first kappa shape index (κ1) is 12.6. The Morgan fingerprint density at radius 3 is 3.00 bits per heavy atom. The van der Waals surface area contributed by atoms with Crippen molar-refractivity contribution in [3.63, 3.8) is 0 Å². The number of H-pyrrole nitrogens is 1. The number of ether oxygens (including phenoxy) is 1. The van der Waals surface area contributed by atoms with E-state index in [-0.39, 0.29) is 5.97 Å². The van der Waals surface area contributed by atoms with Crippen LogP contribution in [0.2, 0.25) is 0 Å². The molecule has 4 nitrogen and oxygen atoms in total. The van der Waals surface area contributed by atoms with Crippen molar-refractivity contribution < 1.29 is 9.53 Å². The molecule has 4 heteroatoms. The van der Waals surface area contributed by atoms with Crippen LogP contribution in [-0.2, 0) is 4.74 Å². The highest BCUT2D eigenvalue weighted by molar-refractivity contribution is 6.03. The fourth-order valence-electron chi connectivity index (χ4n) is 2.08. The Kier molecular flexibility index (Phi) is 3.36. The maximum Gasteiger partial charge on any atom is 0.340 e. The van der Waals surface area contributed by atoms with Gasteiger partial charge in [-0.3, -0.25) is 0 Å². The van der Waals surface area contributed by atoms with E-state index in [1.54, 1.807) is 12.4 Å². The zero-order chi connectivity index (χ0) is 13.2. The predicted octanol–water partition coefficient (Wildman–Crippen LogP) is 3.30. The molecule has 0 saturated heterocycles. The molecular formula is C14H18N2O2. The summed E-state index contributed by atoms with van der Waals surface area (Å²) < 4.78 is 5.54. The van der Waals surface area contributed by atoms with Gasteiger partial charge >= 0.3 is 5.97 Å². The number of aromatic nitrogens is 2.